The second-order valence-electron chi connectivity index (χ2n) is 7.67. The van der Waals surface area contributed by atoms with Crippen LogP contribution < -0.4 is 15.5 Å². The van der Waals surface area contributed by atoms with Gasteiger partial charge in [0.15, 0.2) is 11.6 Å². The molecule has 3 aromatic rings. The van der Waals surface area contributed by atoms with Crippen LogP contribution in [-0.4, -0.2) is 50.6 Å². The van der Waals surface area contributed by atoms with E-state index in [0.717, 1.165) is 48.9 Å². The van der Waals surface area contributed by atoms with Gasteiger partial charge in [-0.1, -0.05) is 0 Å². The summed E-state index contributed by atoms with van der Waals surface area (Å²) in [6, 6.07) is 6.67. The number of aryl methyl sites for hydroxylation is 1. The van der Waals surface area contributed by atoms with Crippen molar-refractivity contribution in [2.24, 2.45) is 0 Å². The SMILES string of the molecule is Cc1cc(NC2CNC2)nc(N2CCc3nc(-c4ncccn4)ncc3C2C)c1. The Morgan fingerprint density at radius 3 is 2.66 bits per heavy atom. The molecule has 5 heterocycles. The summed E-state index contributed by atoms with van der Waals surface area (Å²) >= 11 is 0. The molecule has 0 aromatic carbocycles. The zero-order chi connectivity index (χ0) is 19.8. The second-order valence-corrected chi connectivity index (χ2v) is 7.67. The molecule has 3 aromatic heterocycles. The molecule has 8 nitrogen and oxygen atoms in total. The lowest BCUT2D eigenvalue weighted by atomic mass is 9.99. The highest BCUT2D eigenvalue weighted by Crippen LogP contribution is 2.33. The Balaban J connectivity index is 1.42. The number of fused-ring (bicyclic) bond motifs is 1. The first-order valence-electron chi connectivity index (χ1n) is 10.0. The van der Waals surface area contributed by atoms with Crippen molar-refractivity contribution in [2.75, 3.05) is 29.9 Å². The van der Waals surface area contributed by atoms with Crippen molar-refractivity contribution in [1.82, 2.24) is 30.2 Å². The van der Waals surface area contributed by atoms with Gasteiger partial charge in [0.05, 0.1) is 17.8 Å². The normalized spacial score (nSPS) is 18.8. The predicted octanol–water partition coefficient (Wildman–Crippen LogP) is 2.14. The van der Waals surface area contributed by atoms with Gasteiger partial charge in [-0.05, 0) is 37.6 Å². The maximum atomic E-state index is 4.89. The van der Waals surface area contributed by atoms with E-state index < -0.39 is 0 Å². The minimum atomic E-state index is 0.150. The molecule has 2 aliphatic heterocycles. The van der Waals surface area contributed by atoms with Crippen molar-refractivity contribution in [1.29, 1.82) is 0 Å². The zero-order valence-corrected chi connectivity index (χ0v) is 16.6. The van der Waals surface area contributed by atoms with Crippen LogP contribution in [0, 0.1) is 6.92 Å². The van der Waals surface area contributed by atoms with Gasteiger partial charge < -0.3 is 15.5 Å². The van der Waals surface area contributed by atoms with Crippen LogP contribution in [0.3, 0.4) is 0 Å². The third-order valence-electron chi connectivity index (χ3n) is 5.56. The van der Waals surface area contributed by atoms with E-state index >= 15 is 0 Å². The summed E-state index contributed by atoms with van der Waals surface area (Å²) in [7, 11) is 0. The molecule has 2 N–H and O–H groups in total. The Bertz CT molecular complexity index is 1020. The molecule has 0 amide bonds. The molecule has 1 unspecified atom stereocenters. The number of rotatable bonds is 4. The van der Waals surface area contributed by atoms with Crippen molar-refractivity contribution in [2.45, 2.75) is 32.4 Å². The Kier molecular flexibility index (Phi) is 4.55. The Morgan fingerprint density at radius 2 is 1.90 bits per heavy atom. The topological polar surface area (TPSA) is 91.8 Å². The van der Waals surface area contributed by atoms with E-state index in [4.69, 9.17) is 9.97 Å². The van der Waals surface area contributed by atoms with Crippen LogP contribution in [0.2, 0.25) is 0 Å². The number of nitrogens with one attached hydrogen (secondary N) is 2. The van der Waals surface area contributed by atoms with Gasteiger partial charge in [-0.15, -0.1) is 0 Å². The molecule has 29 heavy (non-hydrogen) atoms. The van der Waals surface area contributed by atoms with E-state index in [1.165, 1.54) is 5.56 Å². The molecule has 8 heteroatoms. The fourth-order valence-electron chi connectivity index (χ4n) is 3.87. The highest BCUT2D eigenvalue weighted by molar-refractivity contribution is 5.54. The Labute approximate surface area is 169 Å². The van der Waals surface area contributed by atoms with Crippen LogP contribution in [-0.2, 0) is 6.42 Å². The summed E-state index contributed by atoms with van der Waals surface area (Å²) < 4.78 is 0. The van der Waals surface area contributed by atoms with Crippen LogP contribution in [0.15, 0.2) is 36.8 Å². The van der Waals surface area contributed by atoms with E-state index in [2.05, 4.69) is 56.5 Å². The molecule has 1 fully saturated rings. The fourth-order valence-corrected chi connectivity index (χ4v) is 3.87. The quantitative estimate of drug-likeness (QED) is 0.702. The molecular weight excluding hydrogens is 364 g/mol. The molecule has 0 bridgehead atoms. The van der Waals surface area contributed by atoms with E-state index in [0.29, 0.717) is 17.7 Å². The summed E-state index contributed by atoms with van der Waals surface area (Å²) in [6.07, 6.45) is 6.18. The number of aromatic nitrogens is 5. The van der Waals surface area contributed by atoms with Gasteiger partial charge in [0.1, 0.15) is 11.6 Å². The van der Waals surface area contributed by atoms with Crippen LogP contribution in [0.1, 0.15) is 29.8 Å². The van der Waals surface area contributed by atoms with Crippen molar-refractivity contribution < 1.29 is 0 Å². The van der Waals surface area contributed by atoms with E-state index in [1.807, 2.05) is 6.20 Å². The monoisotopic (exact) mass is 388 g/mol. The Hall–Kier alpha value is -3.13. The third kappa shape index (κ3) is 3.51. The lowest BCUT2D eigenvalue weighted by Crippen LogP contribution is -2.51. The van der Waals surface area contributed by atoms with E-state index in [1.54, 1.807) is 18.5 Å². The number of hydrogen-bond acceptors (Lipinski definition) is 8. The van der Waals surface area contributed by atoms with Gasteiger partial charge in [-0.2, -0.15) is 0 Å². The lowest BCUT2D eigenvalue weighted by Gasteiger charge is -2.36. The summed E-state index contributed by atoms with van der Waals surface area (Å²) in [6.45, 7) is 7.15. The molecule has 1 atom stereocenters. The van der Waals surface area contributed by atoms with Gasteiger partial charge in [0.2, 0.25) is 0 Å². The van der Waals surface area contributed by atoms with Crippen LogP contribution in [0.5, 0.6) is 0 Å². The van der Waals surface area contributed by atoms with Crippen LogP contribution in [0.4, 0.5) is 11.6 Å². The largest absolute Gasteiger partial charge is 0.365 e. The summed E-state index contributed by atoms with van der Waals surface area (Å²) in [4.78, 5) is 25.0. The molecule has 0 spiro atoms. The molecule has 2 aliphatic rings. The zero-order valence-electron chi connectivity index (χ0n) is 16.6. The van der Waals surface area contributed by atoms with E-state index in [9.17, 15) is 0 Å². The standard InChI is InChI=1S/C21H24N8/c1-13-8-18(26-15-10-22-11-15)28-19(9-13)29-7-4-17-16(14(29)2)12-25-21(27-17)20-23-5-3-6-24-20/h3,5-6,8-9,12,14-15,22H,4,7,10-11H2,1-2H3,(H,26,28). The van der Waals surface area contributed by atoms with Crippen molar-refractivity contribution >= 4 is 11.6 Å². The van der Waals surface area contributed by atoms with Crippen LogP contribution >= 0.6 is 0 Å². The fraction of sp³-hybridized carbons (Fsp3) is 0.381. The highest BCUT2D eigenvalue weighted by Gasteiger charge is 2.27. The summed E-state index contributed by atoms with van der Waals surface area (Å²) in [5, 5.41) is 6.80. The van der Waals surface area contributed by atoms with Gasteiger partial charge in [0.25, 0.3) is 0 Å². The average Bonchev–Trinajstić information content (AvgIpc) is 2.71. The van der Waals surface area contributed by atoms with Gasteiger partial charge in [-0.25, -0.2) is 24.9 Å². The first-order chi connectivity index (χ1) is 14.2. The summed E-state index contributed by atoms with van der Waals surface area (Å²) in [5.74, 6) is 3.08. The first kappa shape index (κ1) is 17.9. The van der Waals surface area contributed by atoms with Gasteiger partial charge in [-0.3, -0.25) is 0 Å². The lowest BCUT2D eigenvalue weighted by molar-refractivity contribution is 0.471. The predicted molar refractivity (Wildman–Crippen MR) is 112 cm³/mol. The number of hydrogen-bond donors (Lipinski definition) is 2. The molecule has 0 saturated carbocycles. The van der Waals surface area contributed by atoms with Crippen molar-refractivity contribution in [3.8, 4) is 11.6 Å². The highest BCUT2D eigenvalue weighted by atomic mass is 15.2. The second kappa shape index (κ2) is 7.36. The first-order valence-corrected chi connectivity index (χ1v) is 10.0. The van der Waals surface area contributed by atoms with Crippen LogP contribution in [0.25, 0.3) is 11.6 Å². The maximum absolute atomic E-state index is 4.89. The Morgan fingerprint density at radius 1 is 1.07 bits per heavy atom. The third-order valence-corrected chi connectivity index (χ3v) is 5.56. The average molecular weight is 388 g/mol. The molecule has 0 aliphatic carbocycles. The maximum Gasteiger partial charge on any atom is 0.197 e. The smallest absolute Gasteiger partial charge is 0.197 e. The molecular formula is C21H24N8. The molecule has 0 radical (unpaired) electrons. The molecule has 148 valence electrons. The van der Waals surface area contributed by atoms with Gasteiger partial charge >= 0.3 is 0 Å². The number of anilines is 2. The number of nitrogens with zero attached hydrogens (tertiary/aromatic N) is 6. The van der Waals surface area contributed by atoms with Crippen molar-refractivity contribution in [3.05, 3.63) is 53.6 Å². The minimum Gasteiger partial charge on any atom is -0.365 e. The van der Waals surface area contributed by atoms with Gasteiger partial charge in [0, 0.05) is 50.2 Å². The molecule has 1 saturated heterocycles. The summed E-state index contributed by atoms with van der Waals surface area (Å²) in [5.41, 5.74) is 3.41. The molecule has 5 rings (SSSR count). The van der Waals surface area contributed by atoms with Crippen molar-refractivity contribution in [3.63, 3.8) is 0 Å². The minimum absolute atomic E-state index is 0.150. The van der Waals surface area contributed by atoms with E-state index in [-0.39, 0.29) is 6.04 Å². The number of pyridine rings is 1.